The number of nitrogens with zero attached hydrogens (tertiary/aromatic N) is 1. The highest BCUT2D eigenvalue weighted by atomic mass is 31.3. The highest BCUT2D eigenvalue weighted by molar-refractivity contribution is 7.66. The number of H-pyrrole nitrogens is 1. The molecular formula is C12H19N2O13P3. The molecule has 0 radical (unpaired) electrons. The van der Waals surface area contributed by atoms with Crippen molar-refractivity contribution < 1.29 is 51.5 Å². The van der Waals surface area contributed by atoms with Crippen molar-refractivity contribution in [3.8, 4) is 0 Å². The van der Waals surface area contributed by atoms with Gasteiger partial charge in [-0.1, -0.05) is 0 Å². The number of nitrogens with one attached hydrogen (secondary N) is 1. The van der Waals surface area contributed by atoms with Crippen LogP contribution in [0.1, 0.15) is 24.4 Å². The smallest absolute Gasteiger partial charge is 0.392 e. The predicted molar refractivity (Wildman–Crippen MR) is 96.1 cm³/mol. The summed E-state index contributed by atoms with van der Waals surface area (Å²) in [7, 11) is -16.5. The van der Waals surface area contributed by atoms with Gasteiger partial charge in [0.1, 0.15) is 0 Å². The number of aromatic amines is 1. The number of hydrogen-bond donors (Lipinski definition) is 6. The lowest BCUT2D eigenvalue weighted by molar-refractivity contribution is 0.0560. The first-order chi connectivity index (χ1) is 13.6. The molecule has 2 aliphatic carbocycles. The van der Waals surface area contributed by atoms with E-state index >= 15 is 0 Å². The first-order valence-corrected chi connectivity index (χ1v) is 12.9. The largest absolute Gasteiger partial charge is 0.490 e. The molecule has 6 atom stereocenters. The van der Waals surface area contributed by atoms with E-state index in [9.17, 15) is 33.3 Å². The molecule has 3 rings (SSSR count). The maximum Gasteiger partial charge on any atom is 0.490 e. The minimum Gasteiger partial charge on any atom is -0.392 e. The molecule has 0 aliphatic heterocycles. The minimum absolute atomic E-state index is 0.0792. The Bertz CT molecular complexity index is 1110. The van der Waals surface area contributed by atoms with Crippen LogP contribution in [0.4, 0.5) is 0 Å². The van der Waals surface area contributed by atoms with Crippen molar-refractivity contribution in [3.63, 3.8) is 0 Å². The van der Waals surface area contributed by atoms with Crippen molar-refractivity contribution in [3.05, 3.63) is 32.6 Å². The molecule has 0 bridgehead atoms. The lowest BCUT2D eigenvalue weighted by atomic mass is 10.0. The number of phosphoric ester groups is 1. The van der Waals surface area contributed by atoms with E-state index in [4.69, 9.17) is 14.7 Å². The van der Waals surface area contributed by atoms with Gasteiger partial charge in [-0.05, 0) is 25.7 Å². The first-order valence-electron chi connectivity index (χ1n) is 8.34. The summed E-state index contributed by atoms with van der Waals surface area (Å²) in [6, 6.07) is -0.535. The number of aromatic nitrogens is 2. The van der Waals surface area contributed by atoms with Crippen molar-refractivity contribution in [1.82, 2.24) is 9.55 Å². The molecule has 170 valence electrons. The average molecular weight is 492 g/mol. The minimum atomic E-state index is -5.64. The maximum atomic E-state index is 12.1. The van der Waals surface area contributed by atoms with Gasteiger partial charge >= 0.3 is 29.2 Å². The van der Waals surface area contributed by atoms with Crippen LogP contribution in [0.3, 0.4) is 0 Å². The van der Waals surface area contributed by atoms with E-state index in [0.717, 1.165) is 0 Å². The summed E-state index contributed by atoms with van der Waals surface area (Å²) in [5.74, 6) is -0.372. The van der Waals surface area contributed by atoms with Gasteiger partial charge in [-0.25, -0.2) is 18.5 Å². The lowest BCUT2D eigenvalue weighted by Crippen LogP contribution is -2.33. The van der Waals surface area contributed by atoms with Gasteiger partial charge in [0.25, 0.3) is 5.56 Å². The van der Waals surface area contributed by atoms with Gasteiger partial charge in [0.2, 0.25) is 0 Å². The second-order valence-electron chi connectivity index (χ2n) is 7.21. The summed E-state index contributed by atoms with van der Waals surface area (Å²) in [6.07, 6.45) is 0.628. The van der Waals surface area contributed by atoms with Crippen molar-refractivity contribution in [1.29, 1.82) is 0 Å². The number of hydrogen-bond acceptors (Lipinski definition) is 9. The molecule has 1 aromatic heterocycles. The van der Waals surface area contributed by atoms with Crippen LogP contribution in [0, 0.1) is 18.3 Å². The Morgan fingerprint density at radius 3 is 2.37 bits per heavy atom. The Labute approximate surface area is 167 Å². The summed E-state index contributed by atoms with van der Waals surface area (Å²) < 4.78 is 47.1. The fraction of sp³-hybridized carbons (Fsp3) is 0.667. The van der Waals surface area contributed by atoms with Gasteiger partial charge in [-0.3, -0.25) is 18.9 Å². The molecule has 2 unspecified atom stereocenters. The van der Waals surface area contributed by atoms with E-state index in [-0.39, 0.29) is 24.3 Å². The SMILES string of the molecule is Cc1cn([C@H]2C[C@H](O)[C@]3(COP(=O)(O)OP(=O)(O)OP(=O)(O)O)C[C@H]23)c(=O)[nH]c1=O. The normalized spacial score (nSPS) is 32.3. The molecule has 1 heterocycles. The highest BCUT2D eigenvalue weighted by Crippen LogP contribution is 2.70. The molecule has 2 fully saturated rings. The maximum absolute atomic E-state index is 12.1. The molecule has 2 saturated carbocycles. The number of phosphoric acid groups is 3. The summed E-state index contributed by atoms with van der Waals surface area (Å²) >= 11 is 0. The molecule has 2 aliphatic rings. The fourth-order valence-corrected chi connectivity index (χ4v) is 6.89. The van der Waals surface area contributed by atoms with Gasteiger partial charge in [0.15, 0.2) is 0 Å². The highest BCUT2D eigenvalue weighted by Gasteiger charge is 2.68. The summed E-state index contributed by atoms with van der Waals surface area (Å²) in [4.78, 5) is 61.6. The zero-order chi connectivity index (χ0) is 22.7. The van der Waals surface area contributed by atoms with Gasteiger partial charge in [-0.2, -0.15) is 8.62 Å². The van der Waals surface area contributed by atoms with Crippen LogP contribution in [0.5, 0.6) is 0 Å². The standard InChI is InChI=1S/C12H19N2O13P3/c1-6-4-14(11(17)13-10(6)16)8-2-9(15)12(3-7(8)12)5-25-29(21,22)27-30(23,24)26-28(18,19)20/h4,7-9,15H,2-3,5H2,1H3,(H,21,22)(H,23,24)(H,13,16,17)(H2,18,19,20)/t7-,8+,9+,12+/m1/s1. The van der Waals surface area contributed by atoms with Crippen molar-refractivity contribution in [2.45, 2.75) is 31.9 Å². The Morgan fingerprint density at radius 2 is 1.80 bits per heavy atom. The fourth-order valence-electron chi connectivity index (χ4n) is 3.79. The molecule has 30 heavy (non-hydrogen) atoms. The van der Waals surface area contributed by atoms with Crippen molar-refractivity contribution in [2.24, 2.45) is 11.3 Å². The van der Waals surface area contributed by atoms with Crippen LogP contribution < -0.4 is 11.2 Å². The van der Waals surface area contributed by atoms with Gasteiger partial charge in [0.05, 0.1) is 12.7 Å². The van der Waals surface area contributed by atoms with E-state index in [2.05, 4.69) is 18.1 Å². The molecule has 0 aromatic carbocycles. The van der Waals surface area contributed by atoms with E-state index in [1.807, 2.05) is 0 Å². The predicted octanol–water partition coefficient (Wildman–Crippen LogP) is -0.500. The molecule has 0 saturated heterocycles. The third kappa shape index (κ3) is 4.93. The topological polar surface area (TPSA) is 235 Å². The van der Waals surface area contributed by atoms with E-state index in [1.54, 1.807) is 0 Å². The summed E-state index contributed by atoms with van der Waals surface area (Å²) in [5, 5.41) is 10.4. The van der Waals surface area contributed by atoms with Crippen molar-refractivity contribution >= 4 is 23.5 Å². The van der Waals surface area contributed by atoms with Crippen LogP contribution in [-0.4, -0.2) is 46.9 Å². The molecule has 15 nitrogen and oxygen atoms in total. The average Bonchev–Trinajstić information content (AvgIpc) is 3.20. The van der Waals surface area contributed by atoms with Crippen LogP contribution in [0.15, 0.2) is 15.8 Å². The Kier molecular flexibility index (Phi) is 5.99. The van der Waals surface area contributed by atoms with E-state index in [1.165, 1.54) is 17.7 Å². The molecule has 0 amide bonds. The number of aryl methyl sites for hydroxylation is 1. The Balaban J connectivity index is 1.70. The quantitative estimate of drug-likeness (QED) is 0.251. The van der Waals surface area contributed by atoms with Crippen LogP contribution >= 0.6 is 23.5 Å². The van der Waals surface area contributed by atoms with Crippen molar-refractivity contribution in [2.75, 3.05) is 6.61 Å². The third-order valence-electron chi connectivity index (χ3n) is 5.19. The molecule has 1 aromatic rings. The second kappa shape index (κ2) is 7.58. The van der Waals surface area contributed by atoms with Crippen LogP contribution in [0.2, 0.25) is 0 Å². The molecule has 18 heteroatoms. The summed E-state index contributed by atoms with van der Waals surface area (Å²) in [5.41, 5.74) is -2.02. The number of rotatable bonds is 8. The summed E-state index contributed by atoms with van der Waals surface area (Å²) in [6.45, 7) is 0.881. The number of aliphatic hydroxyl groups is 1. The van der Waals surface area contributed by atoms with E-state index in [0.29, 0.717) is 0 Å². The number of aliphatic hydroxyl groups excluding tert-OH is 1. The zero-order valence-corrected chi connectivity index (χ0v) is 17.9. The first kappa shape index (κ1) is 23.7. The zero-order valence-electron chi connectivity index (χ0n) is 15.2. The van der Waals surface area contributed by atoms with Gasteiger partial charge < -0.3 is 24.7 Å². The Morgan fingerprint density at radius 1 is 1.17 bits per heavy atom. The van der Waals surface area contributed by atoms with Crippen LogP contribution in [-0.2, 0) is 26.8 Å². The van der Waals surface area contributed by atoms with E-state index < -0.39 is 58.9 Å². The second-order valence-corrected chi connectivity index (χ2v) is 11.6. The van der Waals surface area contributed by atoms with Gasteiger partial charge in [0, 0.05) is 23.2 Å². The van der Waals surface area contributed by atoms with Crippen LogP contribution in [0.25, 0.3) is 0 Å². The Hall–Kier alpha value is -0.950. The lowest BCUT2D eigenvalue weighted by Gasteiger charge is -2.21. The number of fused-ring (bicyclic) bond motifs is 1. The molecular weight excluding hydrogens is 473 g/mol. The third-order valence-corrected chi connectivity index (χ3v) is 8.97. The van der Waals surface area contributed by atoms with Gasteiger partial charge in [-0.15, -0.1) is 0 Å². The molecule has 6 N–H and O–H groups in total. The monoisotopic (exact) mass is 492 g/mol. The molecule has 0 spiro atoms.